The zero-order valence-electron chi connectivity index (χ0n) is 13.5. The zero-order chi connectivity index (χ0) is 16.2. The van der Waals surface area contributed by atoms with E-state index >= 15 is 0 Å². The normalized spacial score (nSPS) is 14.6. The van der Waals surface area contributed by atoms with Gasteiger partial charge in [0.05, 0.1) is 24.6 Å². The Morgan fingerprint density at radius 1 is 1.17 bits per heavy atom. The lowest BCUT2D eigenvalue weighted by Gasteiger charge is -2.30. The third-order valence-corrected chi connectivity index (χ3v) is 4.20. The minimum atomic E-state index is -0.103. The van der Waals surface area contributed by atoms with Crippen molar-refractivity contribution in [1.29, 1.82) is 0 Å². The lowest BCUT2D eigenvalue weighted by atomic mass is 10.1. The van der Waals surface area contributed by atoms with Crippen LogP contribution in [0.15, 0.2) is 36.5 Å². The maximum atomic E-state index is 12.6. The number of ether oxygens (including phenoxy) is 1. The standard InChI is InChI=1S/C18H21N3O2/c1-13-14(2)19-8-7-15(13)18(22)20-16-5-3-4-6-17(16)21-9-11-23-12-10-21/h3-8H,9-12H2,1-2H3,(H,20,22). The number of benzene rings is 1. The van der Waals surface area contributed by atoms with Crippen LogP contribution in [0.4, 0.5) is 11.4 Å². The van der Waals surface area contributed by atoms with Gasteiger partial charge in [-0.1, -0.05) is 12.1 Å². The molecule has 0 aliphatic carbocycles. The molecule has 120 valence electrons. The maximum absolute atomic E-state index is 12.6. The van der Waals surface area contributed by atoms with Gasteiger partial charge in [-0.3, -0.25) is 9.78 Å². The lowest BCUT2D eigenvalue weighted by Crippen LogP contribution is -2.36. The van der Waals surface area contributed by atoms with E-state index in [1.807, 2.05) is 38.1 Å². The third kappa shape index (κ3) is 3.35. The second-order valence-electron chi connectivity index (χ2n) is 5.64. The number of pyridine rings is 1. The van der Waals surface area contributed by atoms with E-state index in [0.717, 1.165) is 35.7 Å². The SMILES string of the molecule is Cc1nccc(C(=O)Nc2ccccc2N2CCOCC2)c1C. The smallest absolute Gasteiger partial charge is 0.256 e. The van der Waals surface area contributed by atoms with Gasteiger partial charge >= 0.3 is 0 Å². The number of aryl methyl sites for hydroxylation is 1. The summed E-state index contributed by atoms with van der Waals surface area (Å²) in [6.45, 7) is 6.93. The number of rotatable bonds is 3. The Hall–Kier alpha value is -2.40. The largest absolute Gasteiger partial charge is 0.378 e. The molecule has 2 heterocycles. The van der Waals surface area contributed by atoms with Crippen molar-refractivity contribution < 1.29 is 9.53 Å². The first-order valence-corrected chi connectivity index (χ1v) is 7.82. The van der Waals surface area contributed by atoms with Crippen LogP contribution in [0.5, 0.6) is 0 Å². The Morgan fingerprint density at radius 2 is 1.91 bits per heavy atom. The highest BCUT2D eigenvalue weighted by Gasteiger charge is 2.17. The molecule has 0 spiro atoms. The zero-order valence-corrected chi connectivity index (χ0v) is 13.5. The van der Waals surface area contributed by atoms with E-state index in [4.69, 9.17) is 4.74 Å². The lowest BCUT2D eigenvalue weighted by molar-refractivity contribution is 0.102. The molecule has 1 fully saturated rings. The molecule has 2 aromatic rings. The number of hydrogen-bond donors (Lipinski definition) is 1. The van der Waals surface area contributed by atoms with E-state index in [1.165, 1.54) is 0 Å². The Balaban J connectivity index is 1.85. The van der Waals surface area contributed by atoms with Crippen LogP contribution >= 0.6 is 0 Å². The fourth-order valence-corrected chi connectivity index (χ4v) is 2.74. The topological polar surface area (TPSA) is 54.5 Å². The number of carbonyl (C=O) groups is 1. The quantitative estimate of drug-likeness (QED) is 0.947. The van der Waals surface area contributed by atoms with Gasteiger partial charge < -0.3 is 15.0 Å². The molecule has 1 aliphatic heterocycles. The molecule has 0 radical (unpaired) electrons. The van der Waals surface area contributed by atoms with Gasteiger partial charge in [0.15, 0.2) is 0 Å². The fraction of sp³-hybridized carbons (Fsp3) is 0.333. The Labute approximate surface area is 136 Å². The Morgan fingerprint density at radius 3 is 2.70 bits per heavy atom. The molecule has 0 saturated carbocycles. The molecule has 1 aromatic heterocycles. The molecule has 0 unspecified atom stereocenters. The van der Waals surface area contributed by atoms with Crippen LogP contribution in [0.3, 0.4) is 0 Å². The van der Waals surface area contributed by atoms with Crippen molar-refractivity contribution in [2.75, 3.05) is 36.5 Å². The summed E-state index contributed by atoms with van der Waals surface area (Å²) in [5.41, 5.74) is 4.31. The van der Waals surface area contributed by atoms with Crippen LogP contribution in [-0.2, 0) is 4.74 Å². The molecule has 23 heavy (non-hydrogen) atoms. The Kier molecular flexibility index (Phi) is 4.57. The second kappa shape index (κ2) is 6.79. The van der Waals surface area contributed by atoms with Gasteiger partial charge in [0.25, 0.3) is 5.91 Å². The van der Waals surface area contributed by atoms with Gasteiger partial charge in [-0.2, -0.15) is 0 Å². The summed E-state index contributed by atoms with van der Waals surface area (Å²) in [5, 5.41) is 3.04. The highest BCUT2D eigenvalue weighted by Crippen LogP contribution is 2.27. The monoisotopic (exact) mass is 311 g/mol. The molecule has 1 aromatic carbocycles. The number of amides is 1. The minimum Gasteiger partial charge on any atom is -0.378 e. The first-order valence-electron chi connectivity index (χ1n) is 7.82. The number of aromatic nitrogens is 1. The average molecular weight is 311 g/mol. The van der Waals surface area contributed by atoms with Crippen LogP contribution in [0.25, 0.3) is 0 Å². The minimum absolute atomic E-state index is 0.103. The molecule has 1 saturated heterocycles. The van der Waals surface area contributed by atoms with E-state index in [9.17, 15) is 4.79 Å². The van der Waals surface area contributed by atoms with Crippen LogP contribution in [-0.4, -0.2) is 37.2 Å². The van der Waals surface area contributed by atoms with Gasteiger partial charge in [0.1, 0.15) is 0 Å². The van der Waals surface area contributed by atoms with Crippen molar-refractivity contribution in [3.05, 3.63) is 53.3 Å². The first kappa shape index (κ1) is 15.5. The molecule has 5 heteroatoms. The summed E-state index contributed by atoms with van der Waals surface area (Å²) in [5.74, 6) is -0.103. The van der Waals surface area contributed by atoms with E-state index in [2.05, 4.69) is 15.2 Å². The van der Waals surface area contributed by atoms with Gasteiger partial charge in [0.2, 0.25) is 0 Å². The molecule has 0 atom stereocenters. The molecule has 0 bridgehead atoms. The highest BCUT2D eigenvalue weighted by atomic mass is 16.5. The van der Waals surface area contributed by atoms with E-state index in [-0.39, 0.29) is 5.91 Å². The molecule has 1 amide bonds. The molecule has 5 nitrogen and oxygen atoms in total. The van der Waals surface area contributed by atoms with Crippen molar-refractivity contribution in [2.45, 2.75) is 13.8 Å². The first-order chi connectivity index (χ1) is 11.2. The van der Waals surface area contributed by atoms with Gasteiger partial charge in [-0.05, 0) is 37.6 Å². The van der Waals surface area contributed by atoms with Crippen molar-refractivity contribution in [2.24, 2.45) is 0 Å². The summed E-state index contributed by atoms with van der Waals surface area (Å²) in [6, 6.07) is 9.65. The predicted octanol–water partition coefficient (Wildman–Crippen LogP) is 2.79. The van der Waals surface area contributed by atoms with Crippen molar-refractivity contribution in [3.63, 3.8) is 0 Å². The summed E-state index contributed by atoms with van der Waals surface area (Å²) in [7, 11) is 0. The summed E-state index contributed by atoms with van der Waals surface area (Å²) < 4.78 is 5.40. The number of carbonyl (C=O) groups excluding carboxylic acids is 1. The molecule has 1 aliphatic rings. The van der Waals surface area contributed by atoms with Crippen LogP contribution in [0.1, 0.15) is 21.6 Å². The molecule has 3 rings (SSSR count). The fourth-order valence-electron chi connectivity index (χ4n) is 2.74. The van der Waals surface area contributed by atoms with E-state index < -0.39 is 0 Å². The maximum Gasteiger partial charge on any atom is 0.256 e. The van der Waals surface area contributed by atoms with Crippen LogP contribution in [0.2, 0.25) is 0 Å². The van der Waals surface area contributed by atoms with Crippen LogP contribution in [0, 0.1) is 13.8 Å². The van der Waals surface area contributed by atoms with Crippen molar-refractivity contribution in [3.8, 4) is 0 Å². The molecule has 1 N–H and O–H groups in total. The molecular weight excluding hydrogens is 290 g/mol. The number of hydrogen-bond acceptors (Lipinski definition) is 4. The number of nitrogens with zero attached hydrogens (tertiary/aromatic N) is 2. The second-order valence-corrected chi connectivity index (χ2v) is 5.64. The third-order valence-electron chi connectivity index (χ3n) is 4.20. The summed E-state index contributed by atoms with van der Waals surface area (Å²) in [4.78, 5) is 19.1. The Bertz CT molecular complexity index is 709. The number of nitrogens with one attached hydrogen (secondary N) is 1. The number of morpholine rings is 1. The highest BCUT2D eigenvalue weighted by molar-refractivity contribution is 6.06. The number of anilines is 2. The van der Waals surface area contributed by atoms with Crippen molar-refractivity contribution in [1.82, 2.24) is 4.98 Å². The molecular formula is C18H21N3O2. The van der Waals surface area contributed by atoms with Crippen molar-refractivity contribution >= 4 is 17.3 Å². The summed E-state index contributed by atoms with van der Waals surface area (Å²) >= 11 is 0. The average Bonchev–Trinajstić information content (AvgIpc) is 2.58. The predicted molar refractivity (Wildman–Crippen MR) is 91.1 cm³/mol. The number of para-hydroxylation sites is 2. The van der Waals surface area contributed by atoms with Gasteiger partial charge in [-0.25, -0.2) is 0 Å². The van der Waals surface area contributed by atoms with Gasteiger partial charge in [0, 0.05) is 30.5 Å². The summed E-state index contributed by atoms with van der Waals surface area (Å²) in [6.07, 6.45) is 1.67. The van der Waals surface area contributed by atoms with E-state index in [0.29, 0.717) is 18.8 Å². The van der Waals surface area contributed by atoms with Gasteiger partial charge in [-0.15, -0.1) is 0 Å². The van der Waals surface area contributed by atoms with Crippen LogP contribution < -0.4 is 10.2 Å². The van der Waals surface area contributed by atoms with E-state index in [1.54, 1.807) is 12.3 Å².